The third kappa shape index (κ3) is 3.80. The first-order valence-electron chi connectivity index (χ1n) is 8.68. The first-order valence-corrected chi connectivity index (χ1v) is 10.1. The van der Waals surface area contributed by atoms with Gasteiger partial charge in [-0.1, -0.05) is 5.16 Å². The largest absolute Gasteiger partial charge is 0.363 e. The molecule has 4 rings (SSSR count). The topological polar surface area (TPSA) is 117 Å². The summed E-state index contributed by atoms with van der Waals surface area (Å²) in [6, 6.07) is 5.67. The molecule has 28 heavy (non-hydrogen) atoms. The van der Waals surface area contributed by atoms with Crippen molar-refractivity contribution in [1.29, 1.82) is 0 Å². The van der Waals surface area contributed by atoms with Crippen LogP contribution in [0, 0.1) is 6.92 Å². The minimum Gasteiger partial charge on any atom is -0.363 e. The van der Waals surface area contributed by atoms with Crippen molar-refractivity contribution in [2.75, 3.05) is 36.4 Å². The molecule has 0 aromatic carbocycles. The standard InChI is InChI=1S/C17H19N7O3S/c1-13-2-3-18-15(8-13)22-16-9-17(20-12-19-16)23-4-6-24(7-5-23)28(25,26)14-10-21-27-11-14/h2-3,8-12H,4-7H2,1H3,(H,18,19,20,22). The van der Waals surface area contributed by atoms with Gasteiger partial charge in [0.1, 0.15) is 34.9 Å². The molecule has 3 aromatic heterocycles. The molecule has 0 atom stereocenters. The second-order valence-electron chi connectivity index (χ2n) is 6.36. The summed E-state index contributed by atoms with van der Waals surface area (Å²) in [6.45, 7) is 3.72. The minimum atomic E-state index is -3.58. The second-order valence-corrected chi connectivity index (χ2v) is 8.29. The zero-order valence-corrected chi connectivity index (χ0v) is 16.0. The zero-order chi connectivity index (χ0) is 19.6. The molecular weight excluding hydrogens is 382 g/mol. The van der Waals surface area contributed by atoms with Crippen LogP contribution in [0.5, 0.6) is 0 Å². The van der Waals surface area contributed by atoms with Gasteiger partial charge < -0.3 is 14.7 Å². The zero-order valence-electron chi connectivity index (χ0n) is 15.2. The molecule has 0 saturated carbocycles. The van der Waals surface area contributed by atoms with Crippen molar-refractivity contribution in [3.05, 3.63) is 48.7 Å². The highest BCUT2D eigenvalue weighted by molar-refractivity contribution is 7.89. The van der Waals surface area contributed by atoms with Gasteiger partial charge in [0.2, 0.25) is 10.0 Å². The quantitative estimate of drug-likeness (QED) is 0.677. The Hall–Kier alpha value is -3.05. The summed E-state index contributed by atoms with van der Waals surface area (Å²) in [6.07, 6.45) is 5.56. The predicted octanol–water partition coefficient (Wildman–Crippen LogP) is 1.42. The fourth-order valence-electron chi connectivity index (χ4n) is 2.95. The Morgan fingerprint density at radius 3 is 2.57 bits per heavy atom. The van der Waals surface area contributed by atoms with Crippen molar-refractivity contribution in [2.24, 2.45) is 0 Å². The van der Waals surface area contributed by atoms with E-state index in [-0.39, 0.29) is 4.90 Å². The van der Waals surface area contributed by atoms with Crippen LogP contribution in [0.25, 0.3) is 0 Å². The Morgan fingerprint density at radius 1 is 1.07 bits per heavy atom. The van der Waals surface area contributed by atoms with E-state index in [0.29, 0.717) is 37.8 Å². The number of aromatic nitrogens is 4. The Bertz CT molecular complexity index is 1050. The summed E-state index contributed by atoms with van der Waals surface area (Å²) < 4.78 is 31.2. The molecule has 1 fully saturated rings. The Kier molecular flexibility index (Phi) is 4.92. The lowest BCUT2D eigenvalue weighted by Crippen LogP contribution is -2.48. The van der Waals surface area contributed by atoms with Crippen molar-refractivity contribution in [3.63, 3.8) is 0 Å². The number of piperazine rings is 1. The lowest BCUT2D eigenvalue weighted by molar-refractivity contribution is 0.382. The van der Waals surface area contributed by atoms with Gasteiger partial charge in [0.25, 0.3) is 0 Å². The van der Waals surface area contributed by atoms with E-state index in [1.54, 1.807) is 6.20 Å². The van der Waals surface area contributed by atoms with E-state index in [1.165, 1.54) is 16.8 Å². The van der Waals surface area contributed by atoms with Crippen molar-refractivity contribution < 1.29 is 12.9 Å². The molecule has 0 amide bonds. The first kappa shape index (κ1) is 18.3. The van der Waals surface area contributed by atoms with E-state index >= 15 is 0 Å². The molecule has 4 heterocycles. The van der Waals surface area contributed by atoms with E-state index in [0.717, 1.165) is 17.6 Å². The molecule has 1 aliphatic heterocycles. The van der Waals surface area contributed by atoms with Crippen LogP contribution >= 0.6 is 0 Å². The van der Waals surface area contributed by atoms with Gasteiger partial charge in [-0.3, -0.25) is 0 Å². The summed E-state index contributed by atoms with van der Waals surface area (Å²) in [4.78, 5) is 14.9. The van der Waals surface area contributed by atoms with Gasteiger partial charge in [-0.25, -0.2) is 23.4 Å². The molecule has 1 aliphatic rings. The fraction of sp³-hybridized carbons (Fsp3) is 0.294. The molecule has 0 aliphatic carbocycles. The lowest BCUT2D eigenvalue weighted by Gasteiger charge is -2.34. The van der Waals surface area contributed by atoms with E-state index in [4.69, 9.17) is 0 Å². The van der Waals surface area contributed by atoms with Gasteiger partial charge in [-0.15, -0.1) is 0 Å². The average molecular weight is 401 g/mol. The van der Waals surface area contributed by atoms with E-state index in [1.807, 2.05) is 30.0 Å². The van der Waals surface area contributed by atoms with Crippen LogP contribution in [-0.2, 0) is 10.0 Å². The van der Waals surface area contributed by atoms with Crippen LogP contribution in [0.2, 0.25) is 0 Å². The summed E-state index contributed by atoms with van der Waals surface area (Å²) in [5, 5.41) is 6.64. The van der Waals surface area contributed by atoms with Gasteiger partial charge in [0, 0.05) is 38.4 Å². The molecule has 0 radical (unpaired) electrons. The SMILES string of the molecule is Cc1ccnc(Nc2cc(N3CCN(S(=O)(=O)c4cnoc4)CC3)ncn2)c1. The molecule has 10 nitrogen and oxygen atoms in total. The molecule has 0 bridgehead atoms. The van der Waals surface area contributed by atoms with Crippen LogP contribution < -0.4 is 10.2 Å². The third-order valence-electron chi connectivity index (χ3n) is 4.43. The van der Waals surface area contributed by atoms with Gasteiger partial charge in [-0.05, 0) is 24.6 Å². The highest BCUT2D eigenvalue weighted by Gasteiger charge is 2.30. The van der Waals surface area contributed by atoms with Crippen LogP contribution in [0.4, 0.5) is 17.5 Å². The van der Waals surface area contributed by atoms with Crippen LogP contribution in [0.3, 0.4) is 0 Å². The van der Waals surface area contributed by atoms with Gasteiger partial charge in [0.05, 0.1) is 6.20 Å². The molecule has 1 saturated heterocycles. The maximum Gasteiger partial charge on any atom is 0.248 e. The predicted molar refractivity (Wildman–Crippen MR) is 102 cm³/mol. The molecule has 1 N–H and O–H groups in total. The van der Waals surface area contributed by atoms with Crippen LogP contribution in [0.15, 0.2) is 52.6 Å². The van der Waals surface area contributed by atoms with E-state index < -0.39 is 10.0 Å². The van der Waals surface area contributed by atoms with Gasteiger partial charge in [-0.2, -0.15) is 4.31 Å². The Labute approximate surface area is 162 Å². The number of anilines is 3. The molecule has 11 heteroatoms. The number of aryl methyl sites for hydroxylation is 1. The van der Waals surface area contributed by atoms with Crippen molar-refractivity contribution in [1.82, 2.24) is 24.4 Å². The smallest absolute Gasteiger partial charge is 0.248 e. The van der Waals surface area contributed by atoms with Crippen LogP contribution in [-0.4, -0.2) is 59.0 Å². The average Bonchev–Trinajstić information content (AvgIpc) is 3.24. The summed E-state index contributed by atoms with van der Waals surface area (Å²) in [5.74, 6) is 2.06. The number of pyridine rings is 1. The number of hydrogen-bond acceptors (Lipinski definition) is 9. The molecular formula is C17H19N7O3S. The highest BCUT2D eigenvalue weighted by atomic mass is 32.2. The van der Waals surface area contributed by atoms with Crippen LogP contribution in [0.1, 0.15) is 5.56 Å². The first-order chi connectivity index (χ1) is 13.5. The van der Waals surface area contributed by atoms with Crippen molar-refractivity contribution >= 4 is 27.5 Å². The van der Waals surface area contributed by atoms with Crippen molar-refractivity contribution in [3.8, 4) is 0 Å². The minimum absolute atomic E-state index is 0.0696. The van der Waals surface area contributed by atoms with Gasteiger partial charge in [0.15, 0.2) is 0 Å². The number of rotatable bonds is 5. The number of nitrogens with zero attached hydrogens (tertiary/aromatic N) is 6. The monoisotopic (exact) mass is 401 g/mol. The normalized spacial score (nSPS) is 15.5. The molecule has 0 spiro atoms. The number of hydrogen-bond donors (Lipinski definition) is 1. The molecule has 3 aromatic rings. The lowest BCUT2D eigenvalue weighted by atomic mass is 10.3. The third-order valence-corrected chi connectivity index (χ3v) is 6.28. The van der Waals surface area contributed by atoms with E-state index in [2.05, 4.69) is 29.9 Å². The molecule has 0 unspecified atom stereocenters. The number of sulfonamides is 1. The van der Waals surface area contributed by atoms with E-state index in [9.17, 15) is 8.42 Å². The maximum absolute atomic E-state index is 12.5. The number of nitrogens with one attached hydrogen (secondary N) is 1. The second kappa shape index (κ2) is 7.52. The summed E-state index contributed by atoms with van der Waals surface area (Å²) in [5.41, 5.74) is 1.09. The van der Waals surface area contributed by atoms with Gasteiger partial charge >= 0.3 is 0 Å². The maximum atomic E-state index is 12.5. The Balaban J connectivity index is 1.44. The Morgan fingerprint density at radius 2 is 1.86 bits per heavy atom. The summed E-state index contributed by atoms with van der Waals surface area (Å²) >= 11 is 0. The fourth-order valence-corrected chi connectivity index (χ4v) is 4.24. The van der Waals surface area contributed by atoms with Crippen molar-refractivity contribution in [2.45, 2.75) is 11.8 Å². The summed E-state index contributed by atoms with van der Waals surface area (Å²) in [7, 11) is -3.58. The highest BCUT2D eigenvalue weighted by Crippen LogP contribution is 2.22. The molecule has 146 valence electrons.